The zero-order chi connectivity index (χ0) is 16.4. The second-order valence-electron chi connectivity index (χ2n) is 5.70. The molecule has 118 valence electrons. The molecule has 0 saturated carbocycles. The molecular formula is C18H17NO3S. The van der Waals surface area contributed by atoms with E-state index in [9.17, 15) is 13.2 Å². The third-order valence-corrected chi connectivity index (χ3v) is 5.19. The number of amides is 1. The molecule has 2 aromatic carbocycles. The number of sulfonamides is 1. The number of aryl methyl sites for hydroxylation is 1. The average molecular weight is 327 g/mol. The van der Waals surface area contributed by atoms with E-state index in [1.165, 1.54) is 12.1 Å². The van der Waals surface area contributed by atoms with Crippen LogP contribution in [-0.4, -0.2) is 14.3 Å². The summed E-state index contributed by atoms with van der Waals surface area (Å²) < 4.78 is 26.5. The molecule has 0 heterocycles. The van der Waals surface area contributed by atoms with Gasteiger partial charge in [0.15, 0.2) is 0 Å². The van der Waals surface area contributed by atoms with E-state index in [0.717, 1.165) is 22.3 Å². The monoisotopic (exact) mass is 327 g/mol. The molecule has 1 aliphatic rings. The first-order valence-corrected chi connectivity index (χ1v) is 8.82. The summed E-state index contributed by atoms with van der Waals surface area (Å²) in [6, 6.07) is 14.3. The van der Waals surface area contributed by atoms with Crippen molar-refractivity contribution in [3.63, 3.8) is 0 Å². The van der Waals surface area contributed by atoms with Crippen LogP contribution < -0.4 is 4.72 Å². The number of carbonyl (C=O) groups excluding carboxylic acids is 1. The molecule has 0 spiro atoms. The van der Waals surface area contributed by atoms with Gasteiger partial charge in [-0.3, -0.25) is 4.79 Å². The second-order valence-corrected chi connectivity index (χ2v) is 7.38. The Kier molecular flexibility index (Phi) is 4.05. The van der Waals surface area contributed by atoms with E-state index in [2.05, 4.69) is 4.72 Å². The first-order chi connectivity index (χ1) is 10.9. The quantitative estimate of drug-likeness (QED) is 0.939. The Balaban J connectivity index is 1.67. The molecule has 0 bridgehead atoms. The maximum absolute atomic E-state index is 12.2. The van der Waals surface area contributed by atoms with Crippen molar-refractivity contribution in [2.24, 2.45) is 0 Å². The summed E-state index contributed by atoms with van der Waals surface area (Å²) in [4.78, 5) is 12.2. The molecular weight excluding hydrogens is 310 g/mol. The highest BCUT2D eigenvalue weighted by Gasteiger charge is 2.20. The Labute approximate surface area is 135 Å². The highest BCUT2D eigenvalue weighted by Crippen LogP contribution is 2.26. The minimum absolute atomic E-state index is 0.0831. The van der Waals surface area contributed by atoms with Crippen molar-refractivity contribution in [2.45, 2.75) is 24.7 Å². The minimum atomic E-state index is -3.81. The fourth-order valence-corrected chi connectivity index (χ4v) is 3.62. The molecule has 5 heteroatoms. The van der Waals surface area contributed by atoms with Gasteiger partial charge in [0.1, 0.15) is 0 Å². The lowest BCUT2D eigenvalue weighted by Gasteiger charge is -2.07. The fraction of sp³-hybridized carbons (Fsp3) is 0.167. The van der Waals surface area contributed by atoms with E-state index in [4.69, 9.17) is 0 Å². The highest BCUT2D eigenvalue weighted by molar-refractivity contribution is 7.90. The number of nitrogens with one attached hydrogen (secondary N) is 1. The van der Waals surface area contributed by atoms with Gasteiger partial charge in [0, 0.05) is 6.42 Å². The van der Waals surface area contributed by atoms with Crippen molar-refractivity contribution in [3.05, 3.63) is 70.8 Å². The van der Waals surface area contributed by atoms with Gasteiger partial charge in [-0.2, -0.15) is 0 Å². The Morgan fingerprint density at radius 1 is 1.09 bits per heavy atom. The van der Waals surface area contributed by atoms with Gasteiger partial charge in [-0.15, -0.1) is 0 Å². The van der Waals surface area contributed by atoms with Crippen LogP contribution in [0, 0.1) is 6.92 Å². The number of rotatable bonds is 4. The van der Waals surface area contributed by atoms with Crippen LogP contribution in [0.15, 0.2) is 59.0 Å². The molecule has 0 saturated heterocycles. The molecule has 0 atom stereocenters. The van der Waals surface area contributed by atoms with Gasteiger partial charge in [0.25, 0.3) is 10.0 Å². The van der Waals surface area contributed by atoms with Crippen LogP contribution in [-0.2, 0) is 21.2 Å². The van der Waals surface area contributed by atoms with E-state index in [-0.39, 0.29) is 11.3 Å². The number of hydrogen-bond donors (Lipinski definition) is 1. The Morgan fingerprint density at radius 2 is 1.78 bits per heavy atom. The molecule has 0 fully saturated rings. The molecule has 1 aliphatic carbocycles. The second kappa shape index (κ2) is 6.01. The molecule has 2 aromatic rings. The van der Waals surface area contributed by atoms with E-state index in [1.807, 2.05) is 37.3 Å². The van der Waals surface area contributed by atoms with Gasteiger partial charge in [-0.1, -0.05) is 53.6 Å². The lowest BCUT2D eigenvalue weighted by molar-refractivity contribution is -0.118. The third kappa shape index (κ3) is 3.51. The minimum Gasteiger partial charge on any atom is -0.274 e. The van der Waals surface area contributed by atoms with E-state index in [1.54, 1.807) is 12.1 Å². The third-order valence-electron chi connectivity index (χ3n) is 3.80. The maximum Gasteiger partial charge on any atom is 0.264 e. The molecule has 4 nitrogen and oxygen atoms in total. The molecule has 0 aliphatic heterocycles. The SMILES string of the molecule is Cc1ccc(S(=O)(=O)NC(=O)CC2=Cc3ccccc3C2)cc1. The highest BCUT2D eigenvalue weighted by atomic mass is 32.2. The van der Waals surface area contributed by atoms with Crippen LogP contribution >= 0.6 is 0 Å². The molecule has 1 N–H and O–H groups in total. The van der Waals surface area contributed by atoms with E-state index < -0.39 is 15.9 Å². The Hall–Kier alpha value is -2.40. The predicted octanol–water partition coefficient (Wildman–Crippen LogP) is 2.83. The van der Waals surface area contributed by atoms with Gasteiger partial charge < -0.3 is 0 Å². The smallest absolute Gasteiger partial charge is 0.264 e. The van der Waals surface area contributed by atoms with Crippen LogP contribution in [0.5, 0.6) is 0 Å². The topological polar surface area (TPSA) is 63.2 Å². The van der Waals surface area contributed by atoms with Gasteiger partial charge in [0.05, 0.1) is 4.90 Å². The number of fused-ring (bicyclic) bond motifs is 1. The van der Waals surface area contributed by atoms with E-state index in [0.29, 0.717) is 6.42 Å². The van der Waals surface area contributed by atoms with Gasteiger partial charge >= 0.3 is 0 Å². The normalized spacial score (nSPS) is 13.3. The predicted molar refractivity (Wildman–Crippen MR) is 89.2 cm³/mol. The van der Waals surface area contributed by atoms with Crippen LogP contribution in [0.25, 0.3) is 6.08 Å². The van der Waals surface area contributed by atoms with Gasteiger partial charge in [0.2, 0.25) is 5.91 Å². The zero-order valence-corrected chi connectivity index (χ0v) is 13.6. The van der Waals surface area contributed by atoms with E-state index >= 15 is 0 Å². The lowest BCUT2D eigenvalue weighted by Crippen LogP contribution is -2.30. The molecule has 23 heavy (non-hydrogen) atoms. The van der Waals surface area contributed by atoms with Crippen molar-refractivity contribution in [1.82, 2.24) is 4.72 Å². The summed E-state index contributed by atoms with van der Waals surface area (Å²) in [6.07, 6.45) is 2.72. The first kappa shape index (κ1) is 15.5. The molecule has 1 amide bonds. The van der Waals surface area contributed by atoms with Crippen LogP contribution in [0.3, 0.4) is 0 Å². The fourth-order valence-electron chi connectivity index (χ4n) is 2.63. The summed E-state index contributed by atoms with van der Waals surface area (Å²) >= 11 is 0. The van der Waals surface area contributed by atoms with Crippen LogP contribution in [0.2, 0.25) is 0 Å². The lowest BCUT2D eigenvalue weighted by atomic mass is 10.1. The molecule has 3 rings (SSSR count). The molecule has 0 unspecified atom stereocenters. The maximum atomic E-state index is 12.2. The van der Waals surface area contributed by atoms with Crippen molar-refractivity contribution in [2.75, 3.05) is 0 Å². The van der Waals surface area contributed by atoms with Gasteiger partial charge in [-0.05, 0) is 36.6 Å². The summed E-state index contributed by atoms with van der Waals surface area (Å²) in [5.41, 5.74) is 4.14. The van der Waals surface area contributed by atoms with Crippen molar-refractivity contribution >= 4 is 22.0 Å². The van der Waals surface area contributed by atoms with Crippen molar-refractivity contribution in [3.8, 4) is 0 Å². The standard InChI is InChI=1S/C18H17NO3S/c1-13-6-8-17(9-7-13)23(21,22)19-18(20)12-14-10-15-4-2-3-5-16(15)11-14/h2-10H,11-12H2,1H3,(H,19,20). The Bertz CT molecular complexity index is 881. The van der Waals surface area contributed by atoms with Gasteiger partial charge in [-0.25, -0.2) is 13.1 Å². The van der Waals surface area contributed by atoms with Crippen molar-refractivity contribution < 1.29 is 13.2 Å². The summed E-state index contributed by atoms with van der Waals surface area (Å²) in [7, 11) is -3.81. The average Bonchev–Trinajstić information content (AvgIpc) is 2.88. The van der Waals surface area contributed by atoms with Crippen LogP contribution in [0.1, 0.15) is 23.1 Å². The zero-order valence-electron chi connectivity index (χ0n) is 12.7. The summed E-state index contributed by atoms with van der Waals surface area (Å²) in [5, 5.41) is 0. The van der Waals surface area contributed by atoms with Crippen LogP contribution in [0.4, 0.5) is 0 Å². The number of carbonyl (C=O) groups is 1. The largest absolute Gasteiger partial charge is 0.274 e. The number of hydrogen-bond acceptors (Lipinski definition) is 3. The summed E-state index contributed by atoms with van der Waals surface area (Å²) in [6.45, 7) is 1.87. The number of benzene rings is 2. The van der Waals surface area contributed by atoms with Crippen molar-refractivity contribution in [1.29, 1.82) is 0 Å². The molecule has 0 aromatic heterocycles. The summed E-state index contributed by atoms with van der Waals surface area (Å²) in [5.74, 6) is -0.510. The Morgan fingerprint density at radius 3 is 2.48 bits per heavy atom. The molecule has 0 radical (unpaired) electrons. The first-order valence-electron chi connectivity index (χ1n) is 7.34.